The van der Waals surface area contributed by atoms with E-state index in [4.69, 9.17) is 9.26 Å². The van der Waals surface area contributed by atoms with E-state index in [0.717, 1.165) is 29.3 Å². The molecule has 1 atom stereocenters. The van der Waals surface area contributed by atoms with Crippen LogP contribution < -0.4 is 10.1 Å². The Morgan fingerprint density at radius 2 is 1.97 bits per heavy atom. The van der Waals surface area contributed by atoms with Gasteiger partial charge in [0.15, 0.2) is 5.82 Å². The lowest BCUT2D eigenvalue weighted by Gasteiger charge is -2.30. The average molecular weight is 455 g/mol. The van der Waals surface area contributed by atoms with Gasteiger partial charge < -0.3 is 14.6 Å². The van der Waals surface area contributed by atoms with Crippen molar-refractivity contribution in [2.45, 2.75) is 37.5 Å². The number of likely N-dealkylation sites (N-methyl/N-ethyl adjacent to an activating group) is 1. The normalized spacial score (nSPS) is 12.0. The van der Waals surface area contributed by atoms with Gasteiger partial charge in [-0.1, -0.05) is 43.3 Å². The van der Waals surface area contributed by atoms with Crippen LogP contribution >= 0.6 is 11.8 Å². The summed E-state index contributed by atoms with van der Waals surface area (Å²) in [5, 5.41) is 6.96. The van der Waals surface area contributed by atoms with Crippen LogP contribution in [0.25, 0.3) is 0 Å². The largest absolute Gasteiger partial charge is 0.497 e. The number of thioether (sulfide) groups is 1. The van der Waals surface area contributed by atoms with E-state index in [1.165, 1.54) is 11.8 Å². The minimum Gasteiger partial charge on any atom is -0.497 e. The van der Waals surface area contributed by atoms with Gasteiger partial charge in [0.1, 0.15) is 5.75 Å². The van der Waals surface area contributed by atoms with Crippen LogP contribution in [0.1, 0.15) is 47.5 Å². The topological polar surface area (TPSA) is 80.5 Å². The second-order valence-electron chi connectivity index (χ2n) is 7.24. The first kappa shape index (κ1) is 23.8. The van der Waals surface area contributed by atoms with E-state index in [-0.39, 0.29) is 11.9 Å². The molecule has 170 valence electrons. The van der Waals surface area contributed by atoms with Gasteiger partial charge in [-0.05, 0) is 49.8 Å². The van der Waals surface area contributed by atoms with Crippen molar-refractivity contribution in [2.24, 2.45) is 0 Å². The fraction of sp³-hybridized carbons (Fsp3) is 0.375. The number of ether oxygens (including phenoxy) is 1. The Kier molecular flexibility index (Phi) is 8.70. The summed E-state index contributed by atoms with van der Waals surface area (Å²) in [5.74, 6) is 2.37. The third-order valence-electron chi connectivity index (χ3n) is 5.24. The number of carbonyl (C=O) groups is 1. The molecule has 1 unspecified atom stereocenters. The molecule has 1 N–H and O–H groups in total. The summed E-state index contributed by atoms with van der Waals surface area (Å²) in [5.41, 5.74) is 1.75. The Labute approximate surface area is 193 Å². The molecule has 0 fully saturated rings. The molecule has 0 radical (unpaired) electrons. The molecule has 0 saturated carbocycles. The highest BCUT2D eigenvalue weighted by atomic mass is 32.2. The number of rotatable bonds is 11. The molecule has 1 aromatic heterocycles. The van der Waals surface area contributed by atoms with E-state index >= 15 is 0 Å². The van der Waals surface area contributed by atoms with Gasteiger partial charge in [-0.15, -0.1) is 11.8 Å². The molecule has 0 spiro atoms. The van der Waals surface area contributed by atoms with E-state index in [1.54, 1.807) is 14.0 Å². The van der Waals surface area contributed by atoms with Gasteiger partial charge in [0.2, 0.25) is 5.89 Å². The maximum absolute atomic E-state index is 13.1. The standard InChI is InChI=1S/C24H30N4O3S/c1-5-28(6-2)21(18-10-9-11-19(14-18)30-4)15-25-24(29)20-12-7-8-13-22(20)32-16-23-26-17(3)27-31-23/h7-14,21H,5-6,15-16H2,1-4H3,(H,25,29). The first-order valence-electron chi connectivity index (χ1n) is 10.7. The van der Waals surface area contributed by atoms with Crippen LogP contribution in [0.2, 0.25) is 0 Å². The summed E-state index contributed by atoms with van der Waals surface area (Å²) in [6, 6.07) is 15.6. The fourth-order valence-electron chi connectivity index (χ4n) is 3.57. The molecule has 0 saturated heterocycles. The van der Waals surface area contributed by atoms with Gasteiger partial charge in [-0.25, -0.2) is 0 Å². The summed E-state index contributed by atoms with van der Waals surface area (Å²) >= 11 is 1.51. The van der Waals surface area contributed by atoms with Gasteiger partial charge in [0.05, 0.1) is 24.5 Å². The molecule has 0 bridgehead atoms. The minimum atomic E-state index is -0.102. The van der Waals surface area contributed by atoms with Crippen LogP contribution in [0.3, 0.4) is 0 Å². The molecule has 3 rings (SSSR count). The smallest absolute Gasteiger partial charge is 0.252 e. The Balaban J connectivity index is 1.73. The molecule has 1 heterocycles. The molecule has 3 aromatic rings. The zero-order chi connectivity index (χ0) is 22.9. The Bertz CT molecular complexity index is 1020. The van der Waals surface area contributed by atoms with Crippen molar-refractivity contribution in [3.63, 3.8) is 0 Å². The van der Waals surface area contributed by atoms with Gasteiger partial charge >= 0.3 is 0 Å². The zero-order valence-corrected chi connectivity index (χ0v) is 19.8. The van der Waals surface area contributed by atoms with Crippen LogP contribution in [0, 0.1) is 6.92 Å². The molecular weight excluding hydrogens is 424 g/mol. The van der Waals surface area contributed by atoms with Gasteiger partial charge in [-0.3, -0.25) is 9.69 Å². The predicted octanol–water partition coefficient (Wildman–Crippen LogP) is 4.49. The van der Waals surface area contributed by atoms with Crippen LogP contribution in [-0.4, -0.2) is 47.7 Å². The fourth-order valence-corrected chi connectivity index (χ4v) is 4.46. The third-order valence-corrected chi connectivity index (χ3v) is 6.30. The van der Waals surface area contributed by atoms with E-state index < -0.39 is 0 Å². The third kappa shape index (κ3) is 6.11. The lowest BCUT2D eigenvalue weighted by molar-refractivity contribution is 0.0932. The molecule has 0 aliphatic carbocycles. The first-order chi connectivity index (χ1) is 15.5. The van der Waals surface area contributed by atoms with Crippen LogP contribution in [0.5, 0.6) is 5.75 Å². The second kappa shape index (κ2) is 11.7. The van der Waals surface area contributed by atoms with Crippen molar-refractivity contribution in [1.29, 1.82) is 0 Å². The van der Waals surface area contributed by atoms with Crippen molar-refractivity contribution in [3.8, 4) is 5.75 Å². The molecule has 1 amide bonds. The van der Waals surface area contributed by atoms with Crippen molar-refractivity contribution < 1.29 is 14.1 Å². The molecule has 7 nitrogen and oxygen atoms in total. The number of nitrogens with zero attached hydrogens (tertiary/aromatic N) is 3. The quantitative estimate of drug-likeness (QED) is 0.428. The Morgan fingerprint density at radius 3 is 2.66 bits per heavy atom. The lowest BCUT2D eigenvalue weighted by Crippen LogP contribution is -2.38. The van der Waals surface area contributed by atoms with E-state index in [1.807, 2.05) is 42.5 Å². The summed E-state index contributed by atoms with van der Waals surface area (Å²) in [6.07, 6.45) is 0. The molecule has 32 heavy (non-hydrogen) atoms. The summed E-state index contributed by atoms with van der Waals surface area (Å²) < 4.78 is 10.6. The number of benzene rings is 2. The minimum absolute atomic E-state index is 0.0465. The summed E-state index contributed by atoms with van der Waals surface area (Å²) in [4.78, 5) is 20.6. The highest BCUT2D eigenvalue weighted by Gasteiger charge is 2.21. The van der Waals surface area contributed by atoms with Gasteiger partial charge in [0, 0.05) is 11.4 Å². The molecule has 2 aromatic carbocycles. The van der Waals surface area contributed by atoms with E-state index in [9.17, 15) is 4.79 Å². The molecule has 0 aliphatic heterocycles. The highest BCUT2D eigenvalue weighted by Crippen LogP contribution is 2.27. The molecule has 8 heteroatoms. The summed E-state index contributed by atoms with van der Waals surface area (Å²) in [6.45, 7) is 8.30. The van der Waals surface area contributed by atoms with E-state index in [2.05, 4.69) is 40.3 Å². The number of methoxy groups -OCH3 is 1. The number of nitrogens with one attached hydrogen (secondary N) is 1. The van der Waals surface area contributed by atoms with Crippen LogP contribution in [0.4, 0.5) is 0 Å². The number of carbonyl (C=O) groups excluding carboxylic acids is 1. The SMILES string of the molecule is CCN(CC)C(CNC(=O)c1ccccc1SCc1nc(C)no1)c1cccc(OC)c1. The number of amides is 1. The van der Waals surface area contributed by atoms with Gasteiger partial charge in [0.25, 0.3) is 5.91 Å². The number of aromatic nitrogens is 2. The van der Waals surface area contributed by atoms with Gasteiger partial charge in [-0.2, -0.15) is 4.98 Å². The lowest BCUT2D eigenvalue weighted by atomic mass is 10.0. The maximum atomic E-state index is 13.1. The van der Waals surface area contributed by atoms with Crippen molar-refractivity contribution in [2.75, 3.05) is 26.7 Å². The zero-order valence-electron chi connectivity index (χ0n) is 19.0. The van der Waals surface area contributed by atoms with Crippen molar-refractivity contribution in [1.82, 2.24) is 20.4 Å². The number of hydrogen-bond donors (Lipinski definition) is 1. The van der Waals surface area contributed by atoms with Crippen LogP contribution in [-0.2, 0) is 5.75 Å². The molecule has 0 aliphatic rings. The predicted molar refractivity (Wildman–Crippen MR) is 126 cm³/mol. The number of aryl methyl sites for hydroxylation is 1. The first-order valence-corrected chi connectivity index (χ1v) is 11.7. The van der Waals surface area contributed by atoms with Crippen LogP contribution in [0.15, 0.2) is 57.9 Å². The second-order valence-corrected chi connectivity index (χ2v) is 8.26. The highest BCUT2D eigenvalue weighted by molar-refractivity contribution is 7.98. The molecular formula is C24H30N4O3S. The van der Waals surface area contributed by atoms with Crippen molar-refractivity contribution in [3.05, 3.63) is 71.4 Å². The Morgan fingerprint density at radius 1 is 1.19 bits per heavy atom. The van der Waals surface area contributed by atoms with Crippen molar-refractivity contribution >= 4 is 17.7 Å². The number of hydrogen-bond acceptors (Lipinski definition) is 7. The summed E-state index contributed by atoms with van der Waals surface area (Å²) in [7, 11) is 1.66. The monoisotopic (exact) mass is 454 g/mol. The average Bonchev–Trinajstić information content (AvgIpc) is 3.25. The van der Waals surface area contributed by atoms with E-state index in [0.29, 0.717) is 29.6 Å². The Hall–Kier alpha value is -2.84. The maximum Gasteiger partial charge on any atom is 0.252 e.